The molecule has 0 unspecified atom stereocenters. The number of rotatable bonds is 8. The topological polar surface area (TPSA) is 108 Å². The van der Waals surface area contributed by atoms with Crippen LogP contribution >= 0.6 is 0 Å². The molecule has 9 nitrogen and oxygen atoms in total. The summed E-state index contributed by atoms with van der Waals surface area (Å²) in [5.74, 6) is 1.04. The van der Waals surface area contributed by atoms with Crippen molar-refractivity contribution in [2.45, 2.75) is 6.61 Å². The molecule has 0 aliphatic carbocycles. The summed E-state index contributed by atoms with van der Waals surface area (Å²) in [5.41, 5.74) is 1.32. The van der Waals surface area contributed by atoms with Crippen LogP contribution in [0.1, 0.15) is 26.8 Å². The molecule has 0 aliphatic heterocycles. The second kappa shape index (κ2) is 9.73. The molecule has 4 aromatic rings. The van der Waals surface area contributed by atoms with Gasteiger partial charge < -0.3 is 24.5 Å². The molecule has 0 spiro atoms. The van der Waals surface area contributed by atoms with Crippen LogP contribution in [-0.2, 0) is 13.7 Å². The Labute approximate surface area is 189 Å². The summed E-state index contributed by atoms with van der Waals surface area (Å²) in [6.45, 7) is 0.142. The minimum atomic E-state index is -0.424. The lowest BCUT2D eigenvalue weighted by molar-refractivity contribution is 0.0990. The van der Waals surface area contributed by atoms with E-state index in [2.05, 4.69) is 15.7 Å². The largest absolute Gasteiger partial charge is 0.493 e. The van der Waals surface area contributed by atoms with Gasteiger partial charge in [0.2, 0.25) is 0 Å². The van der Waals surface area contributed by atoms with Crippen molar-refractivity contribution >= 4 is 23.2 Å². The van der Waals surface area contributed by atoms with Gasteiger partial charge in [-0.05, 0) is 48.5 Å². The van der Waals surface area contributed by atoms with E-state index < -0.39 is 5.91 Å². The Kier molecular flexibility index (Phi) is 6.40. The van der Waals surface area contributed by atoms with Gasteiger partial charge in [-0.1, -0.05) is 18.2 Å². The molecule has 9 heteroatoms. The second-order valence-electron chi connectivity index (χ2n) is 7.07. The molecule has 33 heavy (non-hydrogen) atoms. The van der Waals surface area contributed by atoms with E-state index in [0.717, 1.165) is 0 Å². The number of hydrogen-bond acceptors (Lipinski definition) is 6. The maximum atomic E-state index is 12.6. The van der Waals surface area contributed by atoms with E-state index in [9.17, 15) is 9.59 Å². The third-order valence-corrected chi connectivity index (χ3v) is 4.65. The molecule has 0 atom stereocenters. The Balaban J connectivity index is 1.36. The van der Waals surface area contributed by atoms with Crippen molar-refractivity contribution in [3.63, 3.8) is 0 Å². The molecular weight excluding hydrogens is 424 g/mol. The van der Waals surface area contributed by atoms with E-state index in [1.807, 2.05) is 12.1 Å². The maximum Gasteiger partial charge on any atom is 0.291 e. The summed E-state index contributed by atoms with van der Waals surface area (Å²) in [5, 5.41) is 9.58. The summed E-state index contributed by atoms with van der Waals surface area (Å²) in [7, 11) is 3.30. The first-order valence-corrected chi connectivity index (χ1v) is 10.1. The maximum absolute atomic E-state index is 12.6. The Morgan fingerprint density at radius 3 is 2.36 bits per heavy atom. The van der Waals surface area contributed by atoms with Crippen LogP contribution in [0.5, 0.6) is 11.5 Å². The average molecular weight is 446 g/mol. The number of amides is 2. The fourth-order valence-corrected chi connectivity index (χ4v) is 3.06. The Morgan fingerprint density at radius 2 is 1.67 bits per heavy atom. The van der Waals surface area contributed by atoms with Crippen LogP contribution in [0.15, 0.2) is 77.3 Å². The van der Waals surface area contributed by atoms with Gasteiger partial charge in [-0.25, -0.2) is 0 Å². The van der Waals surface area contributed by atoms with Gasteiger partial charge in [0.05, 0.1) is 7.11 Å². The number of benzene rings is 2. The average Bonchev–Trinajstić information content (AvgIpc) is 3.47. The van der Waals surface area contributed by atoms with Crippen LogP contribution in [0.2, 0.25) is 0 Å². The fourth-order valence-electron chi connectivity index (χ4n) is 3.06. The molecule has 168 valence electrons. The third kappa shape index (κ3) is 5.40. The normalized spacial score (nSPS) is 10.5. The third-order valence-electron chi connectivity index (χ3n) is 4.65. The second-order valence-corrected chi connectivity index (χ2v) is 7.07. The zero-order chi connectivity index (χ0) is 23.2. The molecule has 2 aromatic carbocycles. The summed E-state index contributed by atoms with van der Waals surface area (Å²) >= 11 is 0. The lowest BCUT2D eigenvalue weighted by Gasteiger charge is -2.09. The number of nitrogens with one attached hydrogen (secondary N) is 2. The van der Waals surface area contributed by atoms with Crippen molar-refractivity contribution in [2.24, 2.45) is 7.05 Å². The van der Waals surface area contributed by atoms with Crippen LogP contribution in [0, 0.1) is 0 Å². The van der Waals surface area contributed by atoms with Gasteiger partial charge in [0.25, 0.3) is 11.8 Å². The SMILES string of the molecule is COc1ccccc1OCc1ccc(C(=O)Nc2cccc(NC(=O)c3ccn(C)n3)c2)o1. The number of anilines is 2. The summed E-state index contributed by atoms with van der Waals surface area (Å²) in [6.07, 6.45) is 1.69. The highest BCUT2D eigenvalue weighted by atomic mass is 16.5. The lowest BCUT2D eigenvalue weighted by Crippen LogP contribution is -2.14. The molecule has 0 saturated heterocycles. The first-order valence-electron chi connectivity index (χ1n) is 10.1. The molecule has 2 heterocycles. The first kappa shape index (κ1) is 21.7. The monoisotopic (exact) mass is 446 g/mol. The number of carbonyl (C=O) groups excluding carboxylic acids is 2. The number of aromatic nitrogens is 2. The van der Waals surface area contributed by atoms with Crippen LogP contribution in [0.4, 0.5) is 11.4 Å². The van der Waals surface area contributed by atoms with Crippen molar-refractivity contribution in [1.29, 1.82) is 0 Å². The van der Waals surface area contributed by atoms with Crippen LogP contribution in [-0.4, -0.2) is 28.7 Å². The van der Waals surface area contributed by atoms with E-state index in [1.54, 1.807) is 79.6 Å². The highest BCUT2D eigenvalue weighted by Crippen LogP contribution is 2.27. The van der Waals surface area contributed by atoms with E-state index in [0.29, 0.717) is 34.3 Å². The van der Waals surface area contributed by atoms with Crippen molar-refractivity contribution in [1.82, 2.24) is 9.78 Å². The number of nitrogens with zero attached hydrogens (tertiary/aromatic N) is 2. The minimum Gasteiger partial charge on any atom is -0.493 e. The smallest absolute Gasteiger partial charge is 0.291 e. The molecule has 2 amide bonds. The standard InChI is InChI=1S/C24H22N4O5/c1-28-13-12-19(27-28)23(29)25-16-6-5-7-17(14-16)26-24(30)22-11-10-18(33-22)15-32-21-9-4-3-8-20(21)31-2/h3-14H,15H2,1-2H3,(H,25,29)(H,26,30). The van der Waals surface area contributed by atoms with E-state index in [4.69, 9.17) is 13.9 Å². The molecule has 0 bridgehead atoms. The molecule has 4 rings (SSSR count). The lowest BCUT2D eigenvalue weighted by atomic mass is 10.2. The number of para-hydroxylation sites is 2. The van der Waals surface area contributed by atoms with Crippen molar-refractivity contribution in [2.75, 3.05) is 17.7 Å². The van der Waals surface area contributed by atoms with Gasteiger partial charge in [0, 0.05) is 24.6 Å². The highest BCUT2D eigenvalue weighted by Gasteiger charge is 2.14. The molecule has 0 fully saturated rings. The van der Waals surface area contributed by atoms with Crippen molar-refractivity contribution < 1.29 is 23.5 Å². The summed E-state index contributed by atoms with van der Waals surface area (Å²) < 4.78 is 18.1. The van der Waals surface area contributed by atoms with E-state index in [-0.39, 0.29) is 18.3 Å². The molecule has 2 aromatic heterocycles. The summed E-state index contributed by atoms with van der Waals surface area (Å²) in [6, 6.07) is 18.9. The van der Waals surface area contributed by atoms with E-state index >= 15 is 0 Å². The number of hydrogen-bond donors (Lipinski definition) is 2. The highest BCUT2D eigenvalue weighted by molar-refractivity contribution is 6.04. The number of ether oxygens (including phenoxy) is 2. The van der Waals surface area contributed by atoms with Gasteiger partial charge in [0.15, 0.2) is 23.0 Å². The van der Waals surface area contributed by atoms with Crippen LogP contribution in [0.25, 0.3) is 0 Å². The van der Waals surface area contributed by atoms with Crippen molar-refractivity contribution in [3.05, 3.63) is 90.1 Å². The molecule has 2 N–H and O–H groups in total. The zero-order valence-corrected chi connectivity index (χ0v) is 18.1. The Hall–Kier alpha value is -4.53. The predicted octanol–water partition coefficient (Wildman–Crippen LogP) is 4.11. The van der Waals surface area contributed by atoms with E-state index in [1.165, 1.54) is 0 Å². The number of carbonyl (C=O) groups is 2. The first-order chi connectivity index (χ1) is 16.0. The molecule has 0 aliphatic rings. The van der Waals surface area contributed by atoms with Crippen LogP contribution in [0.3, 0.4) is 0 Å². The molecule has 0 radical (unpaired) electrons. The molecular formula is C24H22N4O5. The fraction of sp³-hybridized carbons (Fsp3) is 0.125. The van der Waals surface area contributed by atoms with Crippen molar-refractivity contribution in [3.8, 4) is 11.5 Å². The number of aryl methyl sites for hydroxylation is 1. The number of furan rings is 1. The van der Waals surface area contributed by atoms with Gasteiger partial charge in [-0.3, -0.25) is 14.3 Å². The minimum absolute atomic E-state index is 0.136. The van der Waals surface area contributed by atoms with Crippen LogP contribution < -0.4 is 20.1 Å². The van der Waals surface area contributed by atoms with Gasteiger partial charge in [-0.15, -0.1) is 0 Å². The van der Waals surface area contributed by atoms with Gasteiger partial charge >= 0.3 is 0 Å². The Bertz CT molecular complexity index is 1280. The zero-order valence-electron chi connectivity index (χ0n) is 18.1. The number of methoxy groups -OCH3 is 1. The Morgan fingerprint density at radius 1 is 0.939 bits per heavy atom. The van der Waals surface area contributed by atoms with Gasteiger partial charge in [0.1, 0.15) is 12.4 Å². The molecule has 0 saturated carbocycles. The predicted molar refractivity (Wildman–Crippen MR) is 122 cm³/mol. The quantitative estimate of drug-likeness (QED) is 0.422. The van der Waals surface area contributed by atoms with Gasteiger partial charge in [-0.2, -0.15) is 5.10 Å². The summed E-state index contributed by atoms with van der Waals surface area (Å²) in [4.78, 5) is 24.9.